The molecule has 1 N–H and O–H groups in total. The van der Waals surface area contributed by atoms with Gasteiger partial charge in [-0.25, -0.2) is 0 Å². The summed E-state index contributed by atoms with van der Waals surface area (Å²) in [7, 11) is 1.65. The van der Waals surface area contributed by atoms with E-state index in [1.165, 1.54) is 0 Å². The number of Topliss-reactive ketones (excluding diaryl/α,β-unsaturated/α-hetero) is 1. The molecule has 0 radical (unpaired) electrons. The highest BCUT2D eigenvalue weighted by atomic mass is 16.5. The number of methoxy groups -OCH3 is 1. The van der Waals surface area contributed by atoms with E-state index >= 15 is 0 Å². The molecule has 0 heterocycles. The Balaban J connectivity index is 2.41. The Morgan fingerprint density at radius 2 is 2.22 bits per heavy atom. The maximum absolute atomic E-state index is 12.4. The molecule has 0 aliphatic heterocycles. The Kier molecular flexibility index (Phi) is 4.02. The SMILES string of the molecule is CCN[C@@]1(c2cccc(OC)c2)CCCCC1=O. The Bertz CT molecular complexity index is 426. The first kappa shape index (κ1) is 13.1. The molecule has 3 nitrogen and oxygen atoms in total. The first-order chi connectivity index (χ1) is 8.73. The zero-order valence-corrected chi connectivity index (χ0v) is 11.2. The highest BCUT2D eigenvalue weighted by molar-refractivity contribution is 5.90. The fourth-order valence-electron chi connectivity index (χ4n) is 2.81. The van der Waals surface area contributed by atoms with Crippen LogP contribution in [0, 0.1) is 0 Å². The molecule has 0 saturated heterocycles. The Morgan fingerprint density at radius 1 is 1.39 bits per heavy atom. The molecular weight excluding hydrogens is 226 g/mol. The van der Waals surface area contributed by atoms with Gasteiger partial charge in [-0.3, -0.25) is 4.79 Å². The van der Waals surface area contributed by atoms with Crippen LogP contribution >= 0.6 is 0 Å². The molecule has 0 amide bonds. The summed E-state index contributed by atoms with van der Waals surface area (Å²) in [6.45, 7) is 2.84. The number of hydrogen-bond donors (Lipinski definition) is 1. The minimum Gasteiger partial charge on any atom is -0.497 e. The molecular formula is C15H21NO2. The lowest BCUT2D eigenvalue weighted by atomic mass is 9.75. The lowest BCUT2D eigenvalue weighted by molar-refractivity contribution is -0.128. The van der Waals surface area contributed by atoms with Crippen LogP contribution in [0.1, 0.15) is 38.2 Å². The molecule has 0 unspecified atom stereocenters. The molecule has 1 fully saturated rings. The highest BCUT2D eigenvalue weighted by Gasteiger charge is 2.40. The van der Waals surface area contributed by atoms with E-state index in [2.05, 4.69) is 5.32 Å². The number of benzene rings is 1. The third-order valence-electron chi connectivity index (χ3n) is 3.72. The van der Waals surface area contributed by atoms with Crippen LogP contribution in [0.15, 0.2) is 24.3 Å². The molecule has 98 valence electrons. The monoisotopic (exact) mass is 247 g/mol. The maximum atomic E-state index is 12.4. The summed E-state index contributed by atoms with van der Waals surface area (Å²) < 4.78 is 5.26. The molecule has 1 saturated carbocycles. The van der Waals surface area contributed by atoms with Gasteiger partial charge >= 0.3 is 0 Å². The van der Waals surface area contributed by atoms with Gasteiger partial charge in [0, 0.05) is 6.42 Å². The summed E-state index contributed by atoms with van der Waals surface area (Å²) in [4.78, 5) is 12.4. The van der Waals surface area contributed by atoms with Gasteiger partial charge in [0.15, 0.2) is 5.78 Å². The van der Waals surface area contributed by atoms with Crippen molar-refractivity contribution in [1.29, 1.82) is 0 Å². The Labute approximate surface area is 109 Å². The van der Waals surface area contributed by atoms with Gasteiger partial charge in [0.1, 0.15) is 11.3 Å². The molecule has 1 aliphatic carbocycles. The lowest BCUT2D eigenvalue weighted by Crippen LogP contribution is -2.50. The number of ketones is 1. The van der Waals surface area contributed by atoms with Gasteiger partial charge in [-0.2, -0.15) is 0 Å². The van der Waals surface area contributed by atoms with Crippen molar-refractivity contribution in [1.82, 2.24) is 5.32 Å². The third-order valence-corrected chi connectivity index (χ3v) is 3.72. The quantitative estimate of drug-likeness (QED) is 0.889. The van der Waals surface area contributed by atoms with Gasteiger partial charge in [-0.05, 0) is 37.1 Å². The molecule has 1 atom stereocenters. The van der Waals surface area contributed by atoms with Crippen molar-refractivity contribution in [2.24, 2.45) is 0 Å². The maximum Gasteiger partial charge on any atom is 0.157 e. The first-order valence-corrected chi connectivity index (χ1v) is 6.66. The zero-order valence-electron chi connectivity index (χ0n) is 11.2. The number of rotatable bonds is 4. The highest BCUT2D eigenvalue weighted by Crippen LogP contribution is 2.35. The van der Waals surface area contributed by atoms with E-state index in [-0.39, 0.29) is 0 Å². The zero-order chi connectivity index (χ0) is 13.0. The van der Waals surface area contributed by atoms with Gasteiger partial charge in [-0.1, -0.05) is 25.5 Å². The predicted octanol–water partition coefficient (Wildman–Crippen LogP) is 2.64. The second-order valence-corrected chi connectivity index (χ2v) is 4.80. The van der Waals surface area contributed by atoms with Crippen molar-refractivity contribution >= 4 is 5.78 Å². The number of carbonyl (C=O) groups excluding carboxylic acids is 1. The molecule has 3 heteroatoms. The molecule has 1 aromatic rings. The van der Waals surface area contributed by atoms with Crippen molar-refractivity contribution in [3.8, 4) is 5.75 Å². The largest absolute Gasteiger partial charge is 0.497 e. The number of nitrogens with one attached hydrogen (secondary N) is 1. The Hall–Kier alpha value is -1.35. The summed E-state index contributed by atoms with van der Waals surface area (Å²) >= 11 is 0. The van der Waals surface area contributed by atoms with Crippen LogP contribution in [0.3, 0.4) is 0 Å². The summed E-state index contributed by atoms with van der Waals surface area (Å²) in [5.74, 6) is 1.12. The molecule has 0 spiro atoms. The molecule has 2 rings (SSSR count). The number of ether oxygens (including phenoxy) is 1. The van der Waals surface area contributed by atoms with Crippen molar-refractivity contribution < 1.29 is 9.53 Å². The van der Waals surface area contributed by atoms with E-state index in [4.69, 9.17) is 4.74 Å². The van der Waals surface area contributed by atoms with Gasteiger partial charge in [-0.15, -0.1) is 0 Å². The van der Waals surface area contributed by atoms with E-state index in [1.807, 2.05) is 31.2 Å². The second-order valence-electron chi connectivity index (χ2n) is 4.80. The first-order valence-electron chi connectivity index (χ1n) is 6.66. The topological polar surface area (TPSA) is 38.3 Å². The fourth-order valence-corrected chi connectivity index (χ4v) is 2.81. The van der Waals surface area contributed by atoms with Crippen molar-refractivity contribution in [2.75, 3.05) is 13.7 Å². The van der Waals surface area contributed by atoms with Gasteiger partial charge in [0.05, 0.1) is 7.11 Å². The van der Waals surface area contributed by atoms with Gasteiger partial charge in [0.25, 0.3) is 0 Å². The summed E-state index contributed by atoms with van der Waals surface area (Å²) in [5, 5.41) is 3.41. The molecule has 18 heavy (non-hydrogen) atoms. The van der Waals surface area contributed by atoms with E-state index < -0.39 is 5.54 Å². The normalized spacial score (nSPS) is 24.0. The number of carbonyl (C=O) groups is 1. The van der Waals surface area contributed by atoms with Crippen molar-refractivity contribution in [2.45, 2.75) is 38.1 Å². The summed E-state index contributed by atoms with van der Waals surface area (Å²) in [5.41, 5.74) is 0.537. The molecule has 1 aliphatic rings. The van der Waals surface area contributed by atoms with Crippen LogP contribution in [0.25, 0.3) is 0 Å². The minimum atomic E-state index is -0.498. The minimum absolute atomic E-state index is 0.309. The molecule has 0 bridgehead atoms. The van der Waals surface area contributed by atoms with Gasteiger partial charge < -0.3 is 10.1 Å². The fraction of sp³-hybridized carbons (Fsp3) is 0.533. The van der Waals surface area contributed by atoms with Crippen LogP contribution < -0.4 is 10.1 Å². The number of hydrogen-bond acceptors (Lipinski definition) is 3. The van der Waals surface area contributed by atoms with Crippen LogP contribution in [0.5, 0.6) is 5.75 Å². The standard InChI is InChI=1S/C15H21NO2/c1-3-16-15(10-5-4-9-14(15)17)12-7-6-8-13(11-12)18-2/h6-8,11,16H,3-5,9-10H2,1-2H3/t15-/m1/s1. The van der Waals surface area contributed by atoms with E-state index in [9.17, 15) is 4.79 Å². The predicted molar refractivity (Wildman–Crippen MR) is 71.8 cm³/mol. The smallest absolute Gasteiger partial charge is 0.157 e. The van der Waals surface area contributed by atoms with E-state index in [1.54, 1.807) is 7.11 Å². The van der Waals surface area contributed by atoms with Crippen LogP contribution in [-0.2, 0) is 10.3 Å². The van der Waals surface area contributed by atoms with Crippen molar-refractivity contribution in [3.63, 3.8) is 0 Å². The van der Waals surface area contributed by atoms with E-state index in [0.717, 1.165) is 37.1 Å². The van der Waals surface area contributed by atoms with Gasteiger partial charge in [0.2, 0.25) is 0 Å². The molecule has 1 aromatic carbocycles. The number of likely N-dealkylation sites (N-methyl/N-ethyl adjacent to an activating group) is 1. The second kappa shape index (κ2) is 5.53. The van der Waals surface area contributed by atoms with Crippen LogP contribution in [0.4, 0.5) is 0 Å². The Morgan fingerprint density at radius 3 is 2.89 bits per heavy atom. The average Bonchev–Trinajstić information content (AvgIpc) is 2.42. The molecule has 0 aromatic heterocycles. The third kappa shape index (κ3) is 2.27. The van der Waals surface area contributed by atoms with Crippen molar-refractivity contribution in [3.05, 3.63) is 29.8 Å². The summed E-state index contributed by atoms with van der Waals surface area (Å²) in [6, 6.07) is 7.87. The summed E-state index contributed by atoms with van der Waals surface area (Å²) in [6.07, 6.45) is 3.66. The average molecular weight is 247 g/mol. The van der Waals surface area contributed by atoms with Crippen LogP contribution in [-0.4, -0.2) is 19.4 Å². The van der Waals surface area contributed by atoms with E-state index in [0.29, 0.717) is 12.2 Å². The van der Waals surface area contributed by atoms with Crippen LogP contribution in [0.2, 0.25) is 0 Å². The lowest BCUT2D eigenvalue weighted by Gasteiger charge is -2.37.